The first kappa shape index (κ1) is 18.1. The maximum absolute atomic E-state index is 11.9. The molecule has 2 aromatic heterocycles. The first-order valence-corrected chi connectivity index (χ1v) is 10.1. The summed E-state index contributed by atoms with van der Waals surface area (Å²) in [5.74, 6) is 1.88. The number of nitrogens with zero attached hydrogens (tertiary/aromatic N) is 2. The monoisotopic (exact) mass is 402 g/mol. The predicted molar refractivity (Wildman–Crippen MR) is 110 cm³/mol. The number of fused-ring (bicyclic) bond motifs is 1. The molecule has 1 unspecified atom stereocenters. The van der Waals surface area contributed by atoms with E-state index in [4.69, 9.17) is 23.1 Å². The minimum Gasteiger partial charge on any atom is -0.364 e. The number of rotatable bonds is 4. The van der Waals surface area contributed by atoms with Crippen molar-refractivity contribution in [3.05, 3.63) is 41.2 Å². The van der Waals surface area contributed by atoms with E-state index in [1.54, 1.807) is 0 Å². The molecular formula is C18H19ClN6OS. The van der Waals surface area contributed by atoms with Gasteiger partial charge in [0.1, 0.15) is 11.5 Å². The molecule has 3 aromatic rings. The van der Waals surface area contributed by atoms with Crippen LogP contribution < -0.4 is 16.8 Å². The molecule has 1 saturated heterocycles. The second kappa shape index (κ2) is 7.38. The van der Waals surface area contributed by atoms with E-state index >= 15 is 0 Å². The lowest BCUT2D eigenvalue weighted by Gasteiger charge is -2.29. The van der Waals surface area contributed by atoms with Crippen LogP contribution in [-0.2, 0) is 0 Å². The van der Waals surface area contributed by atoms with Gasteiger partial charge in [-0.05, 0) is 30.4 Å². The number of hydrogen-bond acceptors (Lipinski definition) is 6. The zero-order valence-corrected chi connectivity index (χ0v) is 16.0. The Hall–Kier alpha value is -2.29. The maximum Gasteiger partial charge on any atom is 0.269 e. The minimum absolute atomic E-state index is 0.0548. The van der Waals surface area contributed by atoms with Gasteiger partial charge in [0.15, 0.2) is 5.69 Å². The van der Waals surface area contributed by atoms with Gasteiger partial charge in [-0.15, -0.1) is 0 Å². The van der Waals surface area contributed by atoms with Crippen molar-refractivity contribution in [2.24, 2.45) is 11.5 Å². The zero-order chi connectivity index (χ0) is 19.0. The second-order valence-electron chi connectivity index (χ2n) is 6.48. The molecule has 0 saturated carbocycles. The van der Waals surface area contributed by atoms with Crippen LogP contribution in [0.3, 0.4) is 0 Å². The molecule has 9 heteroatoms. The Morgan fingerprint density at radius 3 is 3.00 bits per heavy atom. The van der Waals surface area contributed by atoms with Gasteiger partial charge in [-0.3, -0.25) is 4.79 Å². The minimum atomic E-state index is -0.640. The summed E-state index contributed by atoms with van der Waals surface area (Å²) in [5.41, 5.74) is 13.7. The Labute approximate surface area is 165 Å². The third kappa shape index (κ3) is 3.60. The fourth-order valence-electron chi connectivity index (χ4n) is 3.17. The number of anilines is 1. The summed E-state index contributed by atoms with van der Waals surface area (Å²) in [5, 5.41) is 4.80. The zero-order valence-electron chi connectivity index (χ0n) is 14.4. The molecule has 0 spiro atoms. The van der Waals surface area contributed by atoms with Crippen LogP contribution >= 0.6 is 23.4 Å². The summed E-state index contributed by atoms with van der Waals surface area (Å²) in [6, 6.07) is 7.57. The third-order valence-electron chi connectivity index (χ3n) is 4.61. The van der Waals surface area contributed by atoms with Crippen molar-refractivity contribution in [1.29, 1.82) is 0 Å². The fourth-order valence-corrected chi connectivity index (χ4v) is 4.58. The van der Waals surface area contributed by atoms with E-state index in [0.717, 1.165) is 28.8 Å². The van der Waals surface area contributed by atoms with Gasteiger partial charge in [-0.2, -0.15) is 11.8 Å². The summed E-state index contributed by atoms with van der Waals surface area (Å²) in [6.45, 7) is 0. The molecule has 7 nitrogen and oxygen atoms in total. The molecule has 6 N–H and O–H groups in total. The number of carbonyl (C=O) groups is 1. The average Bonchev–Trinajstić information content (AvgIpc) is 3.09. The van der Waals surface area contributed by atoms with Crippen molar-refractivity contribution in [3.63, 3.8) is 0 Å². The quantitative estimate of drug-likeness (QED) is 0.532. The standard InChI is InChI=1S/C18H19ClN6OS/c19-10-2-1-3-12-9(10)6-13(23-12)16-17(18(21)26)22-7-15(25-16)24-14-8-27-5-4-11(14)20/h1-3,6-7,11,14,23H,4-5,8,20H2,(H2,21,26)(H,24,25)/t11?,14-/m1/s1. The number of nitrogens with one attached hydrogen (secondary N) is 2. The van der Waals surface area contributed by atoms with Crippen LogP contribution in [0.1, 0.15) is 16.9 Å². The SMILES string of the molecule is NC(=O)c1ncc(N[C@@H]2CSCCC2N)nc1-c1cc2c(Cl)cccc2[nH]1. The molecular weight excluding hydrogens is 384 g/mol. The molecule has 0 aliphatic carbocycles. The molecule has 2 atom stereocenters. The van der Waals surface area contributed by atoms with Crippen LogP contribution in [0.25, 0.3) is 22.3 Å². The van der Waals surface area contributed by atoms with Crippen molar-refractivity contribution in [3.8, 4) is 11.4 Å². The molecule has 3 heterocycles. The number of hydrogen-bond donors (Lipinski definition) is 4. The predicted octanol–water partition coefficient (Wildman–Crippen LogP) is 2.62. The van der Waals surface area contributed by atoms with Crippen molar-refractivity contribution in [2.45, 2.75) is 18.5 Å². The number of aromatic nitrogens is 3. The van der Waals surface area contributed by atoms with Crippen molar-refractivity contribution >= 4 is 46.0 Å². The second-order valence-corrected chi connectivity index (χ2v) is 8.04. The molecule has 1 aromatic carbocycles. The third-order valence-corrected chi connectivity index (χ3v) is 6.06. The van der Waals surface area contributed by atoms with Crippen molar-refractivity contribution < 1.29 is 4.79 Å². The number of thioether (sulfide) groups is 1. The molecule has 140 valence electrons. The van der Waals surface area contributed by atoms with Crippen molar-refractivity contribution in [2.75, 3.05) is 16.8 Å². The highest BCUT2D eigenvalue weighted by molar-refractivity contribution is 7.99. The van der Waals surface area contributed by atoms with Gasteiger partial charge in [0.25, 0.3) is 5.91 Å². The Kier molecular flexibility index (Phi) is 4.94. The molecule has 1 amide bonds. The first-order chi connectivity index (χ1) is 13.0. The molecule has 27 heavy (non-hydrogen) atoms. The van der Waals surface area contributed by atoms with Crippen LogP contribution in [-0.4, -0.2) is 44.4 Å². The molecule has 0 radical (unpaired) electrons. The Balaban J connectivity index is 1.75. The van der Waals surface area contributed by atoms with Crippen LogP contribution in [0.15, 0.2) is 30.5 Å². The largest absolute Gasteiger partial charge is 0.364 e. The van der Waals surface area contributed by atoms with Gasteiger partial charge >= 0.3 is 0 Å². The number of nitrogens with two attached hydrogens (primary N) is 2. The summed E-state index contributed by atoms with van der Waals surface area (Å²) in [6.07, 6.45) is 2.47. The smallest absolute Gasteiger partial charge is 0.269 e. The molecule has 1 aliphatic rings. The summed E-state index contributed by atoms with van der Waals surface area (Å²) < 4.78 is 0. The van der Waals surface area contributed by atoms with Gasteiger partial charge < -0.3 is 21.8 Å². The lowest BCUT2D eigenvalue weighted by molar-refractivity contribution is 0.0996. The average molecular weight is 403 g/mol. The molecule has 1 fully saturated rings. The normalized spacial score (nSPS) is 19.9. The lowest BCUT2D eigenvalue weighted by Crippen LogP contribution is -2.45. The van der Waals surface area contributed by atoms with Gasteiger partial charge in [0.05, 0.1) is 17.9 Å². The van der Waals surface area contributed by atoms with E-state index in [1.165, 1.54) is 6.20 Å². The number of amides is 1. The Bertz CT molecular complexity index is 1010. The highest BCUT2D eigenvalue weighted by Gasteiger charge is 2.24. The maximum atomic E-state index is 11.9. The van der Waals surface area contributed by atoms with Gasteiger partial charge in [-0.1, -0.05) is 17.7 Å². The summed E-state index contributed by atoms with van der Waals surface area (Å²) in [4.78, 5) is 23.9. The number of halogens is 1. The fraction of sp³-hybridized carbons (Fsp3) is 0.278. The van der Waals surface area contributed by atoms with Gasteiger partial charge in [0.2, 0.25) is 0 Å². The van der Waals surface area contributed by atoms with Crippen molar-refractivity contribution in [1.82, 2.24) is 15.0 Å². The van der Waals surface area contributed by atoms with Gasteiger partial charge in [0, 0.05) is 27.7 Å². The highest BCUT2D eigenvalue weighted by Crippen LogP contribution is 2.30. The van der Waals surface area contributed by atoms with E-state index < -0.39 is 5.91 Å². The number of primary amides is 1. The van der Waals surface area contributed by atoms with E-state index in [1.807, 2.05) is 36.0 Å². The number of aromatic amines is 1. The van der Waals surface area contributed by atoms with Crippen LogP contribution in [0.5, 0.6) is 0 Å². The Morgan fingerprint density at radius 1 is 1.41 bits per heavy atom. The lowest BCUT2D eigenvalue weighted by atomic mass is 10.1. The van der Waals surface area contributed by atoms with E-state index in [2.05, 4.69) is 20.3 Å². The van der Waals surface area contributed by atoms with E-state index in [0.29, 0.717) is 22.2 Å². The summed E-state index contributed by atoms with van der Waals surface area (Å²) in [7, 11) is 0. The van der Waals surface area contributed by atoms with Crippen LogP contribution in [0, 0.1) is 0 Å². The van der Waals surface area contributed by atoms with E-state index in [9.17, 15) is 4.79 Å². The number of benzene rings is 1. The molecule has 1 aliphatic heterocycles. The van der Waals surface area contributed by atoms with Gasteiger partial charge in [-0.25, -0.2) is 9.97 Å². The summed E-state index contributed by atoms with van der Waals surface area (Å²) >= 11 is 8.11. The number of carbonyl (C=O) groups excluding carboxylic acids is 1. The molecule has 0 bridgehead atoms. The number of H-pyrrole nitrogens is 1. The topological polar surface area (TPSA) is 123 Å². The van der Waals surface area contributed by atoms with E-state index in [-0.39, 0.29) is 17.8 Å². The van der Waals surface area contributed by atoms with Crippen LogP contribution in [0.2, 0.25) is 5.02 Å². The molecule has 4 rings (SSSR count). The van der Waals surface area contributed by atoms with Crippen LogP contribution in [0.4, 0.5) is 5.82 Å². The highest BCUT2D eigenvalue weighted by atomic mass is 35.5. The Morgan fingerprint density at radius 2 is 2.26 bits per heavy atom. The first-order valence-electron chi connectivity index (χ1n) is 8.57.